The number of sulfone groups is 1. The molecule has 2 fully saturated rings. The van der Waals surface area contributed by atoms with Crippen LogP contribution in [0.1, 0.15) is 37.4 Å². The zero-order valence-corrected chi connectivity index (χ0v) is 20.2. The van der Waals surface area contributed by atoms with Crippen molar-refractivity contribution >= 4 is 33.2 Å². The van der Waals surface area contributed by atoms with E-state index in [2.05, 4.69) is 5.10 Å². The summed E-state index contributed by atoms with van der Waals surface area (Å²) in [6.07, 6.45) is 3.03. The summed E-state index contributed by atoms with van der Waals surface area (Å²) in [7, 11) is -2.33. The maximum absolute atomic E-state index is 13.5. The topological polar surface area (TPSA) is 111 Å². The summed E-state index contributed by atoms with van der Waals surface area (Å²) < 4.78 is 39.3. The van der Waals surface area contributed by atoms with E-state index >= 15 is 0 Å². The van der Waals surface area contributed by atoms with Gasteiger partial charge in [0.15, 0.2) is 9.84 Å². The molecule has 1 aromatic heterocycles. The number of nitrogens with zero attached hydrogens (tertiary/aromatic N) is 3. The lowest BCUT2D eigenvalue weighted by atomic mass is 9.93. The van der Waals surface area contributed by atoms with Gasteiger partial charge >= 0.3 is 5.97 Å². The van der Waals surface area contributed by atoms with Gasteiger partial charge in [0.25, 0.3) is 0 Å². The van der Waals surface area contributed by atoms with E-state index in [0.717, 1.165) is 25.0 Å². The van der Waals surface area contributed by atoms with Gasteiger partial charge in [0, 0.05) is 25.8 Å². The number of benzene rings is 1. The van der Waals surface area contributed by atoms with E-state index in [1.165, 1.54) is 12.1 Å². The number of carbonyl (C=O) groups is 1. The first-order valence-corrected chi connectivity index (χ1v) is 12.9. The third kappa shape index (κ3) is 4.69. The van der Waals surface area contributed by atoms with Gasteiger partial charge in [-0.25, -0.2) is 17.9 Å². The van der Waals surface area contributed by atoms with Gasteiger partial charge in [-0.05, 0) is 44.7 Å². The minimum absolute atomic E-state index is 0.0251. The van der Waals surface area contributed by atoms with Crippen LogP contribution in [-0.2, 0) is 19.4 Å². The smallest absolute Gasteiger partial charge is 0.326 e. The Morgan fingerprint density at radius 1 is 1.27 bits per heavy atom. The number of hydrogen-bond donors (Lipinski definition) is 1. The van der Waals surface area contributed by atoms with Crippen LogP contribution in [-0.4, -0.2) is 67.4 Å². The molecule has 0 unspecified atom stereocenters. The molecule has 33 heavy (non-hydrogen) atoms. The van der Waals surface area contributed by atoms with Crippen molar-refractivity contribution in [1.82, 2.24) is 9.78 Å². The van der Waals surface area contributed by atoms with Crippen molar-refractivity contribution in [2.24, 2.45) is 0 Å². The number of carboxylic acid groups (broad SMARTS) is 1. The molecule has 1 saturated heterocycles. The Labute approximate surface area is 198 Å². The first-order valence-electron chi connectivity index (χ1n) is 10.9. The average molecular weight is 498 g/mol. The van der Waals surface area contributed by atoms with Crippen LogP contribution in [0.5, 0.6) is 5.75 Å². The predicted octanol–water partition coefficient (Wildman–Crippen LogP) is 3.10. The van der Waals surface area contributed by atoms with Crippen LogP contribution >= 0.6 is 11.6 Å². The molecule has 0 bridgehead atoms. The normalized spacial score (nSPS) is 21.2. The van der Waals surface area contributed by atoms with E-state index in [1.807, 2.05) is 17.7 Å². The first-order chi connectivity index (χ1) is 15.7. The number of rotatable bonds is 9. The van der Waals surface area contributed by atoms with Crippen LogP contribution in [0.4, 0.5) is 5.82 Å². The largest absolute Gasteiger partial charge is 0.491 e. The molecule has 1 aliphatic carbocycles. The van der Waals surface area contributed by atoms with Crippen molar-refractivity contribution in [3.63, 3.8) is 0 Å². The fourth-order valence-corrected chi connectivity index (χ4v) is 6.58. The number of aryl methyl sites for hydroxylation is 1. The molecule has 2 heterocycles. The van der Waals surface area contributed by atoms with E-state index in [1.54, 1.807) is 18.1 Å². The molecule has 0 radical (unpaired) electrons. The summed E-state index contributed by atoms with van der Waals surface area (Å²) in [6, 6.07) is 5.52. The van der Waals surface area contributed by atoms with E-state index in [-0.39, 0.29) is 28.9 Å². The van der Waals surface area contributed by atoms with Crippen molar-refractivity contribution in [3.8, 4) is 5.75 Å². The van der Waals surface area contributed by atoms with Crippen molar-refractivity contribution in [2.45, 2.75) is 54.8 Å². The number of ether oxygens (including phenoxy) is 2. The summed E-state index contributed by atoms with van der Waals surface area (Å²) in [4.78, 5) is 13.7. The monoisotopic (exact) mass is 497 g/mol. The van der Waals surface area contributed by atoms with Gasteiger partial charge in [0.2, 0.25) is 0 Å². The lowest BCUT2D eigenvalue weighted by Gasteiger charge is -2.31. The number of halogens is 1. The minimum Gasteiger partial charge on any atom is -0.491 e. The Balaban J connectivity index is 1.60. The molecule has 1 aromatic carbocycles. The standard InChI is InChI=1S/C22H28ClN3O6S/c1-14-10-21(26(24-14)15-4-3-5-15)25-13-17(12-19(25)22(27)28)33(29,30)20-7-6-16(11-18(20)23)32-9-8-31-2/h6-7,10-11,15,17,19H,3-5,8-9,12-13H2,1-2H3,(H,27,28)/t17-,19+/m1/s1. The molecule has 2 aromatic rings. The van der Waals surface area contributed by atoms with E-state index < -0.39 is 27.1 Å². The Hall–Kier alpha value is -2.30. The molecule has 4 rings (SSSR count). The highest BCUT2D eigenvalue weighted by Gasteiger charge is 2.45. The van der Waals surface area contributed by atoms with Crippen LogP contribution in [0.15, 0.2) is 29.2 Å². The maximum Gasteiger partial charge on any atom is 0.326 e. The molecular weight excluding hydrogens is 470 g/mol. The van der Waals surface area contributed by atoms with Gasteiger partial charge in [-0.1, -0.05) is 11.6 Å². The van der Waals surface area contributed by atoms with Gasteiger partial charge in [-0.3, -0.25) is 0 Å². The van der Waals surface area contributed by atoms with Gasteiger partial charge in [-0.2, -0.15) is 5.10 Å². The van der Waals surface area contributed by atoms with Crippen LogP contribution in [0.3, 0.4) is 0 Å². The third-order valence-corrected chi connectivity index (χ3v) is 8.92. The fourth-order valence-electron chi connectivity index (χ4n) is 4.35. The predicted molar refractivity (Wildman–Crippen MR) is 123 cm³/mol. The van der Waals surface area contributed by atoms with E-state index in [0.29, 0.717) is 24.8 Å². The van der Waals surface area contributed by atoms with Crippen LogP contribution in [0, 0.1) is 6.92 Å². The highest BCUT2D eigenvalue weighted by molar-refractivity contribution is 7.92. The highest BCUT2D eigenvalue weighted by Crippen LogP contribution is 2.39. The number of carboxylic acids is 1. The molecule has 1 aliphatic heterocycles. The maximum atomic E-state index is 13.5. The Morgan fingerprint density at radius 2 is 2.03 bits per heavy atom. The second kappa shape index (κ2) is 9.52. The third-order valence-electron chi connectivity index (χ3n) is 6.31. The SMILES string of the molecule is COCCOc1ccc(S(=O)(=O)[C@@H]2C[C@@H](C(=O)O)N(c3cc(C)nn3C3CCC3)C2)c(Cl)c1. The molecule has 9 nitrogen and oxygen atoms in total. The zero-order valence-electron chi connectivity index (χ0n) is 18.6. The second-order valence-electron chi connectivity index (χ2n) is 8.52. The molecule has 0 spiro atoms. The fraction of sp³-hybridized carbons (Fsp3) is 0.545. The first kappa shape index (κ1) is 23.8. The van der Waals surface area contributed by atoms with E-state index in [4.69, 9.17) is 21.1 Å². The average Bonchev–Trinajstić information content (AvgIpc) is 3.31. The number of anilines is 1. The Bertz CT molecular complexity index is 1130. The minimum atomic E-state index is -3.88. The van der Waals surface area contributed by atoms with Crippen LogP contribution in [0.2, 0.25) is 5.02 Å². The molecular formula is C22H28ClN3O6S. The zero-order chi connectivity index (χ0) is 23.8. The number of aromatic nitrogens is 2. The van der Waals surface area contributed by atoms with Crippen molar-refractivity contribution in [1.29, 1.82) is 0 Å². The Kier molecular flexibility index (Phi) is 6.88. The number of hydrogen-bond acceptors (Lipinski definition) is 7. The molecule has 1 N–H and O–H groups in total. The summed E-state index contributed by atoms with van der Waals surface area (Å²) in [5.74, 6) is 0.0438. The lowest BCUT2D eigenvalue weighted by Crippen LogP contribution is -2.38. The van der Waals surface area contributed by atoms with Gasteiger partial charge < -0.3 is 19.5 Å². The van der Waals surface area contributed by atoms with Gasteiger partial charge in [0.1, 0.15) is 24.2 Å². The van der Waals surface area contributed by atoms with Gasteiger partial charge in [-0.15, -0.1) is 0 Å². The molecule has 2 atom stereocenters. The molecule has 180 valence electrons. The Morgan fingerprint density at radius 3 is 2.64 bits per heavy atom. The number of aliphatic carboxylic acids is 1. The highest BCUT2D eigenvalue weighted by atomic mass is 35.5. The second-order valence-corrected chi connectivity index (χ2v) is 11.1. The van der Waals surface area contributed by atoms with E-state index in [9.17, 15) is 18.3 Å². The summed E-state index contributed by atoms with van der Waals surface area (Å²) in [5, 5.41) is 13.6. The molecule has 11 heteroatoms. The van der Waals surface area contributed by atoms with Crippen molar-refractivity contribution in [2.75, 3.05) is 31.8 Å². The summed E-state index contributed by atoms with van der Waals surface area (Å²) >= 11 is 6.32. The summed E-state index contributed by atoms with van der Waals surface area (Å²) in [5.41, 5.74) is 0.777. The lowest BCUT2D eigenvalue weighted by molar-refractivity contribution is -0.138. The molecule has 1 saturated carbocycles. The van der Waals surface area contributed by atoms with Crippen LogP contribution < -0.4 is 9.64 Å². The van der Waals surface area contributed by atoms with Gasteiger partial charge in [0.05, 0.1) is 33.5 Å². The van der Waals surface area contributed by atoms with Crippen LogP contribution in [0.25, 0.3) is 0 Å². The number of methoxy groups -OCH3 is 1. The molecule has 2 aliphatic rings. The summed E-state index contributed by atoms with van der Waals surface area (Å²) in [6.45, 7) is 2.61. The van der Waals surface area contributed by atoms with Crippen molar-refractivity contribution < 1.29 is 27.8 Å². The quantitative estimate of drug-likeness (QED) is 0.526. The van der Waals surface area contributed by atoms with Crippen molar-refractivity contribution in [3.05, 3.63) is 35.0 Å². The molecule has 0 amide bonds.